The Morgan fingerprint density at radius 3 is 2.36 bits per heavy atom. The van der Waals surface area contributed by atoms with Crippen molar-refractivity contribution in [3.05, 3.63) is 42.5 Å². The van der Waals surface area contributed by atoms with Gasteiger partial charge in [0.15, 0.2) is 0 Å². The summed E-state index contributed by atoms with van der Waals surface area (Å²) in [6, 6.07) is 9.32. The molecule has 0 radical (unpaired) electrons. The molecule has 25 heavy (non-hydrogen) atoms. The van der Waals surface area contributed by atoms with Crippen LogP contribution in [0.2, 0.25) is 0 Å². The van der Waals surface area contributed by atoms with Gasteiger partial charge < -0.3 is 10.1 Å². The maximum atomic E-state index is 12.5. The third kappa shape index (κ3) is 2.81. The Hall–Kier alpha value is -2.63. The number of hydrogen-bond acceptors (Lipinski definition) is 4. The Bertz CT molecular complexity index is 700. The first-order valence-electron chi connectivity index (χ1n) is 8.63. The molecule has 1 aliphatic heterocycles. The Labute approximate surface area is 145 Å². The molecule has 2 fully saturated rings. The van der Waals surface area contributed by atoms with Gasteiger partial charge in [-0.15, -0.1) is 0 Å². The number of allylic oxidation sites excluding steroid dienone is 2. The van der Waals surface area contributed by atoms with Crippen molar-refractivity contribution < 1.29 is 19.1 Å². The van der Waals surface area contributed by atoms with Crippen molar-refractivity contribution in [3.63, 3.8) is 0 Å². The van der Waals surface area contributed by atoms with Gasteiger partial charge in [-0.2, -0.15) is 0 Å². The summed E-state index contributed by atoms with van der Waals surface area (Å²) >= 11 is 0. The normalized spacial score (nSPS) is 29.2. The van der Waals surface area contributed by atoms with Crippen LogP contribution in [0, 0.1) is 23.7 Å². The predicted octanol–water partition coefficient (Wildman–Crippen LogP) is 0.989. The summed E-state index contributed by atoms with van der Waals surface area (Å²) in [5.74, 6) is -0.160. The van der Waals surface area contributed by atoms with E-state index in [1.54, 1.807) is 0 Å². The van der Waals surface area contributed by atoms with E-state index in [2.05, 4.69) is 5.32 Å². The predicted molar refractivity (Wildman–Crippen MR) is 89.4 cm³/mol. The first kappa shape index (κ1) is 15.9. The highest BCUT2D eigenvalue weighted by atomic mass is 16.5. The molecule has 1 aromatic carbocycles. The number of ether oxygens (including phenoxy) is 1. The zero-order chi connectivity index (χ0) is 17.4. The number of amides is 3. The van der Waals surface area contributed by atoms with E-state index >= 15 is 0 Å². The van der Waals surface area contributed by atoms with Crippen LogP contribution in [0.3, 0.4) is 0 Å². The average Bonchev–Trinajstić information content (AvgIpc) is 3.30. The van der Waals surface area contributed by atoms with Gasteiger partial charge in [-0.1, -0.05) is 30.4 Å². The van der Waals surface area contributed by atoms with Gasteiger partial charge in [0.1, 0.15) is 18.9 Å². The van der Waals surface area contributed by atoms with Crippen LogP contribution >= 0.6 is 0 Å². The Morgan fingerprint density at radius 1 is 1.08 bits per heavy atom. The van der Waals surface area contributed by atoms with Crippen LogP contribution in [0.1, 0.15) is 6.42 Å². The van der Waals surface area contributed by atoms with Gasteiger partial charge in [-0.05, 0) is 30.4 Å². The Morgan fingerprint density at radius 2 is 1.72 bits per heavy atom. The minimum atomic E-state index is -0.335. The molecule has 2 aliphatic carbocycles. The van der Waals surface area contributed by atoms with E-state index in [0.29, 0.717) is 13.2 Å². The SMILES string of the molecule is O=C(CN1C(=O)C2C3C=CC(C3)C2C1=O)NCCOc1ccccc1. The first-order chi connectivity index (χ1) is 12.1. The molecule has 4 unspecified atom stereocenters. The van der Waals surface area contributed by atoms with E-state index in [4.69, 9.17) is 4.74 Å². The average molecular weight is 340 g/mol. The highest BCUT2D eigenvalue weighted by Crippen LogP contribution is 2.52. The summed E-state index contributed by atoms with van der Waals surface area (Å²) in [4.78, 5) is 38.2. The lowest BCUT2D eigenvalue weighted by Gasteiger charge is -2.16. The zero-order valence-corrected chi connectivity index (χ0v) is 13.8. The van der Waals surface area contributed by atoms with Gasteiger partial charge >= 0.3 is 0 Å². The van der Waals surface area contributed by atoms with E-state index < -0.39 is 0 Å². The number of likely N-dealkylation sites (tertiary alicyclic amines) is 1. The fourth-order valence-electron chi connectivity index (χ4n) is 4.20. The minimum absolute atomic E-state index is 0.166. The van der Waals surface area contributed by atoms with Gasteiger partial charge in [0.05, 0.1) is 18.4 Å². The van der Waals surface area contributed by atoms with E-state index in [0.717, 1.165) is 17.1 Å². The molecule has 6 heteroatoms. The number of imide groups is 1. The highest BCUT2D eigenvalue weighted by Gasteiger charge is 2.59. The molecule has 0 aromatic heterocycles. The van der Waals surface area contributed by atoms with Crippen LogP contribution in [0.25, 0.3) is 0 Å². The van der Waals surface area contributed by atoms with Crippen molar-refractivity contribution in [3.8, 4) is 5.75 Å². The van der Waals surface area contributed by atoms with E-state index in [9.17, 15) is 14.4 Å². The second kappa shape index (κ2) is 6.35. The number of fused-ring (bicyclic) bond motifs is 5. The third-order valence-corrected chi connectivity index (χ3v) is 5.30. The molecule has 3 aliphatic rings. The summed E-state index contributed by atoms with van der Waals surface area (Å²) in [6.45, 7) is 0.454. The lowest BCUT2D eigenvalue weighted by atomic mass is 9.85. The molecule has 6 nitrogen and oxygen atoms in total. The van der Waals surface area contributed by atoms with Crippen LogP contribution in [-0.4, -0.2) is 42.3 Å². The van der Waals surface area contributed by atoms with Gasteiger partial charge in [0.25, 0.3) is 0 Å². The number of rotatable bonds is 6. The van der Waals surface area contributed by atoms with Crippen LogP contribution in [0.4, 0.5) is 0 Å². The van der Waals surface area contributed by atoms with Crippen molar-refractivity contribution in [2.45, 2.75) is 6.42 Å². The van der Waals surface area contributed by atoms with Crippen molar-refractivity contribution in [2.75, 3.05) is 19.7 Å². The Kier molecular flexibility index (Phi) is 4.03. The van der Waals surface area contributed by atoms with Gasteiger partial charge in [-0.3, -0.25) is 19.3 Å². The minimum Gasteiger partial charge on any atom is -0.492 e. The smallest absolute Gasteiger partial charge is 0.240 e. The Balaban J connectivity index is 1.26. The number of para-hydroxylation sites is 1. The number of nitrogens with zero attached hydrogens (tertiary/aromatic N) is 1. The van der Waals surface area contributed by atoms with Crippen molar-refractivity contribution >= 4 is 17.7 Å². The summed E-state index contributed by atoms with van der Waals surface area (Å²) < 4.78 is 5.50. The standard InChI is InChI=1S/C19H20N2O4/c22-15(20-8-9-25-14-4-2-1-3-5-14)11-21-18(23)16-12-6-7-13(10-12)17(16)19(21)24/h1-7,12-13,16-17H,8-11H2,(H,20,22). The molecule has 3 amide bonds. The van der Waals surface area contributed by atoms with Crippen LogP contribution < -0.4 is 10.1 Å². The molecule has 2 bridgehead atoms. The summed E-state index contributed by atoms with van der Waals surface area (Å²) in [6.07, 6.45) is 4.98. The van der Waals surface area contributed by atoms with Gasteiger partial charge in [-0.25, -0.2) is 0 Å². The van der Waals surface area contributed by atoms with Gasteiger partial charge in [0, 0.05) is 0 Å². The molecule has 1 heterocycles. The molecule has 1 aromatic rings. The third-order valence-electron chi connectivity index (χ3n) is 5.30. The molecule has 1 N–H and O–H groups in total. The molecule has 1 saturated carbocycles. The van der Waals surface area contributed by atoms with Crippen molar-refractivity contribution in [1.29, 1.82) is 0 Å². The maximum absolute atomic E-state index is 12.5. The summed E-state index contributed by atoms with van der Waals surface area (Å²) in [7, 11) is 0. The first-order valence-corrected chi connectivity index (χ1v) is 8.63. The second-order valence-electron chi connectivity index (χ2n) is 6.77. The maximum Gasteiger partial charge on any atom is 0.240 e. The van der Waals surface area contributed by atoms with Crippen LogP contribution in [-0.2, 0) is 14.4 Å². The van der Waals surface area contributed by atoms with E-state index in [-0.39, 0.29) is 47.9 Å². The fourth-order valence-corrected chi connectivity index (χ4v) is 4.20. The van der Waals surface area contributed by atoms with Crippen molar-refractivity contribution in [1.82, 2.24) is 10.2 Å². The number of benzene rings is 1. The number of nitrogens with one attached hydrogen (secondary N) is 1. The number of carbonyl (C=O) groups excluding carboxylic acids is 3. The number of hydrogen-bond donors (Lipinski definition) is 1. The largest absolute Gasteiger partial charge is 0.492 e. The zero-order valence-electron chi connectivity index (χ0n) is 13.8. The monoisotopic (exact) mass is 340 g/mol. The van der Waals surface area contributed by atoms with E-state index in [1.165, 1.54) is 0 Å². The molecule has 4 atom stereocenters. The second-order valence-corrected chi connectivity index (χ2v) is 6.77. The molecule has 0 spiro atoms. The highest BCUT2D eigenvalue weighted by molar-refractivity contribution is 6.08. The number of carbonyl (C=O) groups is 3. The lowest BCUT2D eigenvalue weighted by Crippen LogP contribution is -2.42. The molecule has 1 saturated heterocycles. The fraction of sp³-hybridized carbons (Fsp3) is 0.421. The summed E-state index contributed by atoms with van der Waals surface area (Å²) in [5.41, 5.74) is 0. The molecule has 130 valence electrons. The molecular formula is C19H20N2O4. The quantitative estimate of drug-likeness (QED) is 0.476. The molecular weight excluding hydrogens is 320 g/mol. The topological polar surface area (TPSA) is 75.7 Å². The van der Waals surface area contributed by atoms with Crippen molar-refractivity contribution in [2.24, 2.45) is 23.7 Å². The van der Waals surface area contributed by atoms with Gasteiger partial charge in [0.2, 0.25) is 17.7 Å². The lowest BCUT2D eigenvalue weighted by molar-refractivity contribution is -0.144. The molecule has 4 rings (SSSR count). The summed E-state index contributed by atoms with van der Waals surface area (Å²) in [5, 5.41) is 2.70. The van der Waals surface area contributed by atoms with E-state index in [1.807, 2.05) is 42.5 Å². The van der Waals surface area contributed by atoms with Crippen LogP contribution in [0.5, 0.6) is 5.75 Å². The van der Waals surface area contributed by atoms with Crippen LogP contribution in [0.15, 0.2) is 42.5 Å².